The van der Waals surface area contributed by atoms with Crippen molar-refractivity contribution in [2.24, 2.45) is 0 Å². The van der Waals surface area contributed by atoms with E-state index in [4.69, 9.17) is 4.74 Å². The van der Waals surface area contributed by atoms with Gasteiger partial charge in [-0.3, -0.25) is 5.32 Å². The predicted molar refractivity (Wildman–Crippen MR) is 62.5 cm³/mol. The maximum absolute atomic E-state index is 11.7. The first-order chi connectivity index (χ1) is 7.74. The van der Waals surface area contributed by atoms with Gasteiger partial charge in [0.05, 0.1) is 7.11 Å². The minimum absolute atomic E-state index is 0.234. The van der Waals surface area contributed by atoms with Gasteiger partial charge in [-0.2, -0.15) is 0 Å². The van der Waals surface area contributed by atoms with Crippen molar-refractivity contribution in [3.63, 3.8) is 0 Å². The molecule has 16 heavy (non-hydrogen) atoms. The molecule has 86 valence electrons. The van der Waals surface area contributed by atoms with Crippen LogP contribution in [0.4, 0.5) is 5.69 Å². The van der Waals surface area contributed by atoms with Crippen molar-refractivity contribution in [3.8, 4) is 0 Å². The fraction of sp³-hybridized carbons (Fsp3) is 0.417. The summed E-state index contributed by atoms with van der Waals surface area (Å²) in [6, 6.07) is 7.56. The predicted octanol–water partition coefficient (Wildman–Crippen LogP) is 0.940. The molecule has 4 heteroatoms. The fourth-order valence-corrected chi connectivity index (χ4v) is 2.01. The topological polar surface area (TPSA) is 41.6 Å². The van der Waals surface area contributed by atoms with Crippen LogP contribution in [0, 0.1) is 0 Å². The van der Waals surface area contributed by atoms with Crippen molar-refractivity contribution in [2.75, 3.05) is 32.1 Å². The van der Waals surface area contributed by atoms with Gasteiger partial charge in [0.2, 0.25) is 0 Å². The van der Waals surface area contributed by atoms with Crippen molar-refractivity contribution in [2.45, 2.75) is 6.04 Å². The highest BCUT2D eigenvalue weighted by molar-refractivity contribution is 5.80. The summed E-state index contributed by atoms with van der Waals surface area (Å²) in [6.45, 7) is 1.65. The Morgan fingerprint density at radius 1 is 1.50 bits per heavy atom. The van der Waals surface area contributed by atoms with Crippen LogP contribution in [-0.4, -0.2) is 33.2 Å². The van der Waals surface area contributed by atoms with Gasteiger partial charge in [0.25, 0.3) is 0 Å². The van der Waals surface area contributed by atoms with Gasteiger partial charge in [-0.15, -0.1) is 0 Å². The molecule has 1 atom stereocenters. The van der Waals surface area contributed by atoms with Crippen LogP contribution in [0.15, 0.2) is 24.3 Å². The van der Waals surface area contributed by atoms with Crippen LogP contribution in [-0.2, 0) is 9.53 Å². The molecular formula is C12H16N2O2. The maximum Gasteiger partial charge on any atom is 0.327 e. The molecule has 0 saturated carbocycles. The molecule has 0 saturated heterocycles. The summed E-state index contributed by atoms with van der Waals surface area (Å²) in [6.07, 6.45) is 0. The van der Waals surface area contributed by atoms with E-state index in [9.17, 15) is 4.79 Å². The zero-order chi connectivity index (χ0) is 11.5. The number of benzene rings is 1. The van der Waals surface area contributed by atoms with Crippen LogP contribution in [0.25, 0.3) is 0 Å². The number of likely N-dealkylation sites (N-methyl/N-ethyl adjacent to an activating group) is 1. The Kier molecular flexibility index (Phi) is 3.10. The van der Waals surface area contributed by atoms with Crippen LogP contribution < -0.4 is 10.2 Å². The number of nitrogens with one attached hydrogen (secondary N) is 1. The third kappa shape index (κ3) is 1.88. The lowest BCUT2D eigenvalue weighted by atomic mass is 10.0. The Morgan fingerprint density at radius 3 is 3.00 bits per heavy atom. The Labute approximate surface area is 95.2 Å². The lowest BCUT2D eigenvalue weighted by Gasteiger charge is -2.19. The molecule has 1 aromatic rings. The molecule has 0 fully saturated rings. The van der Waals surface area contributed by atoms with Crippen LogP contribution >= 0.6 is 0 Å². The van der Waals surface area contributed by atoms with Crippen LogP contribution in [0.5, 0.6) is 0 Å². The molecule has 0 bridgehead atoms. The number of rotatable bonds is 1. The SMILES string of the molecule is COC(=O)C1NCCN(C)c2ccccc21. The van der Waals surface area contributed by atoms with Crippen LogP contribution in [0.2, 0.25) is 0 Å². The smallest absolute Gasteiger partial charge is 0.327 e. The second kappa shape index (κ2) is 4.53. The van der Waals surface area contributed by atoms with E-state index in [1.165, 1.54) is 7.11 Å². The summed E-state index contributed by atoms with van der Waals surface area (Å²) in [5, 5.41) is 3.20. The third-order valence-electron chi connectivity index (χ3n) is 2.89. The van der Waals surface area contributed by atoms with E-state index in [0.29, 0.717) is 0 Å². The minimum Gasteiger partial charge on any atom is -0.468 e. The molecule has 0 aliphatic carbocycles. The van der Waals surface area contributed by atoms with Gasteiger partial charge in [0.15, 0.2) is 0 Å². The second-order valence-electron chi connectivity index (χ2n) is 3.89. The molecule has 1 aromatic carbocycles. The second-order valence-corrected chi connectivity index (χ2v) is 3.89. The summed E-state index contributed by atoms with van der Waals surface area (Å²) in [5.74, 6) is -0.234. The summed E-state index contributed by atoms with van der Waals surface area (Å²) < 4.78 is 4.82. The van der Waals surface area contributed by atoms with E-state index in [1.807, 2.05) is 31.3 Å². The van der Waals surface area contributed by atoms with Gasteiger partial charge in [0.1, 0.15) is 6.04 Å². The monoisotopic (exact) mass is 220 g/mol. The van der Waals surface area contributed by atoms with E-state index >= 15 is 0 Å². The summed E-state index contributed by atoms with van der Waals surface area (Å²) in [4.78, 5) is 13.8. The van der Waals surface area contributed by atoms with Gasteiger partial charge in [-0.1, -0.05) is 18.2 Å². The quantitative estimate of drug-likeness (QED) is 0.715. The molecule has 0 radical (unpaired) electrons. The number of carbonyl (C=O) groups excluding carboxylic acids is 1. The van der Waals surface area contributed by atoms with E-state index in [0.717, 1.165) is 24.3 Å². The van der Waals surface area contributed by atoms with Crippen molar-refractivity contribution >= 4 is 11.7 Å². The Hall–Kier alpha value is -1.55. The zero-order valence-corrected chi connectivity index (χ0v) is 9.56. The number of methoxy groups -OCH3 is 1. The minimum atomic E-state index is -0.355. The lowest BCUT2D eigenvalue weighted by Crippen LogP contribution is -2.31. The van der Waals surface area contributed by atoms with Crippen molar-refractivity contribution in [3.05, 3.63) is 29.8 Å². The molecule has 1 N–H and O–H groups in total. The Bertz CT molecular complexity index is 392. The Morgan fingerprint density at radius 2 is 2.25 bits per heavy atom. The average Bonchev–Trinajstić information content (AvgIpc) is 2.49. The summed E-state index contributed by atoms with van der Waals surface area (Å²) in [5.41, 5.74) is 2.07. The number of esters is 1. The number of hydrogen-bond acceptors (Lipinski definition) is 4. The van der Waals surface area contributed by atoms with Crippen molar-refractivity contribution < 1.29 is 9.53 Å². The standard InChI is InChI=1S/C12H16N2O2/c1-14-8-7-13-11(12(15)16-2)9-5-3-4-6-10(9)14/h3-6,11,13H,7-8H2,1-2H3. The molecule has 0 spiro atoms. The van der Waals surface area contributed by atoms with Gasteiger partial charge < -0.3 is 9.64 Å². The van der Waals surface area contributed by atoms with Gasteiger partial charge in [0, 0.05) is 31.4 Å². The third-order valence-corrected chi connectivity index (χ3v) is 2.89. The lowest BCUT2D eigenvalue weighted by molar-refractivity contribution is -0.143. The number of nitrogens with zero attached hydrogens (tertiary/aromatic N) is 1. The zero-order valence-electron chi connectivity index (χ0n) is 9.56. The molecule has 1 heterocycles. The van der Waals surface area contributed by atoms with Crippen molar-refractivity contribution in [1.82, 2.24) is 5.32 Å². The number of fused-ring (bicyclic) bond motifs is 1. The van der Waals surface area contributed by atoms with E-state index < -0.39 is 0 Å². The van der Waals surface area contributed by atoms with Gasteiger partial charge in [-0.05, 0) is 6.07 Å². The largest absolute Gasteiger partial charge is 0.468 e. The normalized spacial score (nSPS) is 19.9. The van der Waals surface area contributed by atoms with Gasteiger partial charge in [-0.25, -0.2) is 4.79 Å². The highest BCUT2D eigenvalue weighted by Gasteiger charge is 2.26. The average molecular weight is 220 g/mol. The first-order valence-corrected chi connectivity index (χ1v) is 5.35. The van der Waals surface area contributed by atoms with E-state index in [1.54, 1.807) is 0 Å². The fourth-order valence-electron chi connectivity index (χ4n) is 2.01. The number of hydrogen-bond donors (Lipinski definition) is 1. The summed E-state index contributed by atoms with van der Waals surface area (Å²) in [7, 11) is 3.45. The molecule has 1 aliphatic rings. The van der Waals surface area contributed by atoms with E-state index in [2.05, 4.69) is 10.2 Å². The molecular weight excluding hydrogens is 204 g/mol. The molecule has 4 nitrogen and oxygen atoms in total. The Balaban J connectivity index is 2.42. The number of carbonyl (C=O) groups is 1. The maximum atomic E-state index is 11.7. The number of anilines is 1. The molecule has 1 unspecified atom stereocenters. The molecule has 0 amide bonds. The van der Waals surface area contributed by atoms with Crippen LogP contribution in [0.1, 0.15) is 11.6 Å². The highest BCUT2D eigenvalue weighted by atomic mass is 16.5. The molecule has 2 rings (SSSR count). The van der Waals surface area contributed by atoms with Crippen molar-refractivity contribution in [1.29, 1.82) is 0 Å². The molecule has 0 aromatic heterocycles. The van der Waals surface area contributed by atoms with Crippen LogP contribution in [0.3, 0.4) is 0 Å². The first kappa shape index (κ1) is 11.0. The highest BCUT2D eigenvalue weighted by Crippen LogP contribution is 2.28. The summed E-state index contributed by atoms with van der Waals surface area (Å²) >= 11 is 0. The number of ether oxygens (including phenoxy) is 1. The van der Waals surface area contributed by atoms with E-state index in [-0.39, 0.29) is 12.0 Å². The molecule has 1 aliphatic heterocycles. The number of para-hydroxylation sites is 1. The van der Waals surface area contributed by atoms with Gasteiger partial charge >= 0.3 is 5.97 Å². The first-order valence-electron chi connectivity index (χ1n) is 5.35.